The summed E-state index contributed by atoms with van der Waals surface area (Å²) < 4.78 is 81.6. The number of halogens is 7. The molecular formula is C21H17Cl2F5N2O3. The minimum atomic E-state index is -4.94. The van der Waals surface area contributed by atoms with E-state index in [1.54, 1.807) is 6.92 Å². The van der Waals surface area contributed by atoms with E-state index in [9.17, 15) is 22.0 Å². The van der Waals surface area contributed by atoms with E-state index in [0.717, 1.165) is 12.1 Å². The molecule has 2 aromatic rings. The summed E-state index contributed by atoms with van der Waals surface area (Å²) in [5.41, 5.74) is -2.95. The Labute approximate surface area is 195 Å². The van der Waals surface area contributed by atoms with Crippen molar-refractivity contribution in [1.82, 2.24) is 0 Å². The summed E-state index contributed by atoms with van der Waals surface area (Å²) in [5, 5.41) is 2.54. The predicted octanol–water partition coefficient (Wildman–Crippen LogP) is 6.33. The lowest BCUT2D eigenvalue weighted by molar-refractivity contribution is -0.275. The van der Waals surface area contributed by atoms with Gasteiger partial charge in [0.05, 0.1) is 29.7 Å². The minimum absolute atomic E-state index is 0.0720. The standard InChI is InChI=1S/C21H17Cl2F5N2O3/c1-2-30(12-3-4-16(24)13(9-12)19-31-5-6-32-19)17-10-20(33-29-17,21(26,27)28)11-7-14(22)18(25)15(23)8-11/h3-4,7-9,19H,2,5-6,10H2,1H3. The Balaban J connectivity index is 1.70. The van der Waals surface area contributed by atoms with Crippen molar-refractivity contribution in [2.24, 2.45) is 5.16 Å². The second kappa shape index (κ2) is 8.90. The second-order valence-electron chi connectivity index (χ2n) is 7.38. The van der Waals surface area contributed by atoms with Gasteiger partial charge in [-0.05, 0) is 37.3 Å². The quantitative estimate of drug-likeness (QED) is 0.355. The van der Waals surface area contributed by atoms with E-state index >= 15 is 0 Å². The first kappa shape index (κ1) is 24.0. The maximum Gasteiger partial charge on any atom is 0.435 e. The van der Waals surface area contributed by atoms with E-state index in [1.807, 2.05) is 0 Å². The number of hydrogen-bond acceptors (Lipinski definition) is 5. The number of rotatable bonds is 4. The average Bonchev–Trinajstić information content (AvgIpc) is 3.44. The van der Waals surface area contributed by atoms with Crippen LogP contribution < -0.4 is 4.90 Å². The Morgan fingerprint density at radius 3 is 2.30 bits per heavy atom. The maximum atomic E-state index is 14.3. The van der Waals surface area contributed by atoms with E-state index in [4.69, 9.17) is 37.5 Å². The minimum Gasteiger partial charge on any atom is -0.372 e. The van der Waals surface area contributed by atoms with Crippen LogP contribution in [0.4, 0.5) is 27.6 Å². The highest BCUT2D eigenvalue weighted by atomic mass is 35.5. The maximum absolute atomic E-state index is 14.3. The molecule has 1 fully saturated rings. The average molecular weight is 511 g/mol. The van der Waals surface area contributed by atoms with Gasteiger partial charge in [-0.15, -0.1) is 0 Å². The zero-order chi connectivity index (χ0) is 24.0. The molecule has 0 amide bonds. The molecule has 0 spiro atoms. The molecule has 1 unspecified atom stereocenters. The first-order valence-electron chi connectivity index (χ1n) is 9.84. The summed E-state index contributed by atoms with van der Waals surface area (Å²) in [6.45, 7) is 2.47. The largest absolute Gasteiger partial charge is 0.435 e. The molecule has 2 aliphatic heterocycles. The number of hydrogen-bond donors (Lipinski definition) is 0. The van der Waals surface area contributed by atoms with Gasteiger partial charge in [-0.3, -0.25) is 0 Å². The van der Waals surface area contributed by atoms with Crippen molar-refractivity contribution in [1.29, 1.82) is 0 Å². The zero-order valence-corrected chi connectivity index (χ0v) is 18.6. The molecule has 0 aliphatic carbocycles. The Hall–Kier alpha value is -2.14. The Bertz CT molecular complexity index is 1070. The molecule has 178 valence electrons. The molecule has 5 nitrogen and oxygen atoms in total. The number of amidine groups is 1. The lowest BCUT2D eigenvalue weighted by Crippen LogP contribution is -2.44. The number of nitrogens with zero attached hydrogens (tertiary/aromatic N) is 2. The van der Waals surface area contributed by atoms with E-state index in [1.165, 1.54) is 23.1 Å². The first-order chi connectivity index (χ1) is 15.6. The normalized spacial score (nSPS) is 21.3. The van der Waals surface area contributed by atoms with Gasteiger partial charge in [-0.1, -0.05) is 28.4 Å². The van der Waals surface area contributed by atoms with Gasteiger partial charge in [-0.2, -0.15) is 13.2 Å². The van der Waals surface area contributed by atoms with Crippen LogP contribution in [0.15, 0.2) is 35.5 Å². The fraction of sp³-hybridized carbons (Fsp3) is 0.381. The van der Waals surface area contributed by atoms with Crippen LogP contribution in [0.2, 0.25) is 10.0 Å². The molecule has 2 aromatic carbocycles. The molecule has 1 atom stereocenters. The number of anilines is 1. The van der Waals surface area contributed by atoms with Crippen LogP contribution in [0.25, 0.3) is 0 Å². The SMILES string of the molecule is CCN(C1=NOC(c2cc(Cl)c(F)c(Cl)c2)(C(F)(F)F)C1)c1ccc(F)c(C2OCCO2)c1. The molecule has 2 heterocycles. The van der Waals surface area contributed by atoms with Crippen molar-refractivity contribution in [3.05, 3.63) is 63.1 Å². The molecule has 2 aliphatic rings. The highest BCUT2D eigenvalue weighted by Gasteiger charge is 2.63. The first-order valence-corrected chi connectivity index (χ1v) is 10.6. The highest BCUT2D eigenvalue weighted by Crippen LogP contribution is 2.50. The van der Waals surface area contributed by atoms with Gasteiger partial charge in [0.1, 0.15) is 5.82 Å². The summed E-state index contributed by atoms with van der Waals surface area (Å²) in [4.78, 5) is 6.41. The summed E-state index contributed by atoms with van der Waals surface area (Å²) >= 11 is 11.5. The van der Waals surface area contributed by atoms with Gasteiger partial charge in [0.25, 0.3) is 5.60 Å². The zero-order valence-electron chi connectivity index (χ0n) is 17.1. The molecule has 0 radical (unpaired) electrons. The van der Waals surface area contributed by atoms with Crippen molar-refractivity contribution in [3.8, 4) is 0 Å². The molecule has 0 aromatic heterocycles. The van der Waals surface area contributed by atoms with Crippen LogP contribution in [0.3, 0.4) is 0 Å². The van der Waals surface area contributed by atoms with Gasteiger partial charge in [0, 0.05) is 23.4 Å². The second-order valence-corrected chi connectivity index (χ2v) is 8.19. The van der Waals surface area contributed by atoms with E-state index < -0.39 is 51.7 Å². The van der Waals surface area contributed by atoms with Crippen molar-refractivity contribution in [3.63, 3.8) is 0 Å². The molecule has 0 bridgehead atoms. The van der Waals surface area contributed by atoms with Crippen molar-refractivity contribution >= 4 is 34.7 Å². The van der Waals surface area contributed by atoms with Gasteiger partial charge in [0.15, 0.2) is 17.9 Å². The van der Waals surface area contributed by atoms with Crippen molar-refractivity contribution < 1.29 is 36.3 Å². The predicted molar refractivity (Wildman–Crippen MR) is 111 cm³/mol. The summed E-state index contributed by atoms with van der Waals surface area (Å²) in [7, 11) is 0. The van der Waals surface area contributed by atoms with Crippen LogP contribution in [0.1, 0.15) is 30.8 Å². The van der Waals surface area contributed by atoms with Crippen LogP contribution in [-0.4, -0.2) is 31.8 Å². The third-order valence-electron chi connectivity index (χ3n) is 5.42. The van der Waals surface area contributed by atoms with Crippen molar-refractivity contribution in [2.45, 2.75) is 31.4 Å². The molecular weight excluding hydrogens is 494 g/mol. The Morgan fingerprint density at radius 2 is 1.73 bits per heavy atom. The number of alkyl halides is 3. The lowest BCUT2D eigenvalue weighted by Gasteiger charge is -2.30. The molecule has 0 saturated carbocycles. The fourth-order valence-corrected chi connectivity index (χ4v) is 4.24. The fourth-order valence-electron chi connectivity index (χ4n) is 3.75. The van der Waals surface area contributed by atoms with Crippen LogP contribution in [0, 0.1) is 11.6 Å². The monoisotopic (exact) mass is 510 g/mol. The number of oxime groups is 1. The third-order valence-corrected chi connectivity index (χ3v) is 5.97. The Kier molecular flexibility index (Phi) is 6.47. The van der Waals surface area contributed by atoms with E-state index in [0.29, 0.717) is 18.9 Å². The lowest BCUT2D eigenvalue weighted by atomic mass is 9.89. The van der Waals surface area contributed by atoms with Gasteiger partial charge >= 0.3 is 6.18 Å². The topological polar surface area (TPSA) is 43.3 Å². The number of benzene rings is 2. The summed E-state index contributed by atoms with van der Waals surface area (Å²) in [6, 6.07) is 5.63. The van der Waals surface area contributed by atoms with Gasteiger partial charge in [-0.25, -0.2) is 8.78 Å². The molecule has 1 saturated heterocycles. The van der Waals surface area contributed by atoms with Crippen LogP contribution >= 0.6 is 23.2 Å². The van der Waals surface area contributed by atoms with Gasteiger partial charge < -0.3 is 19.2 Å². The van der Waals surface area contributed by atoms with Crippen LogP contribution in [-0.2, 0) is 19.9 Å². The number of ether oxygens (including phenoxy) is 2. The molecule has 4 rings (SSSR count). The molecule has 12 heteroatoms. The smallest absolute Gasteiger partial charge is 0.372 e. The Morgan fingerprint density at radius 1 is 1.09 bits per heavy atom. The van der Waals surface area contributed by atoms with Crippen LogP contribution in [0.5, 0.6) is 0 Å². The summed E-state index contributed by atoms with van der Waals surface area (Å²) in [5.74, 6) is -1.69. The third kappa shape index (κ3) is 4.25. The molecule has 33 heavy (non-hydrogen) atoms. The van der Waals surface area contributed by atoms with E-state index in [2.05, 4.69) is 5.16 Å². The summed E-state index contributed by atoms with van der Waals surface area (Å²) in [6.07, 6.45) is -6.60. The highest BCUT2D eigenvalue weighted by molar-refractivity contribution is 6.35. The molecule has 0 N–H and O–H groups in total. The van der Waals surface area contributed by atoms with Crippen molar-refractivity contribution in [2.75, 3.05) is 24.7 Å². The van der Waals surface area contributed by atoms with E-state index in [-0.39, 0.29) is 17.9 Å². The van der Waals surface area contributed by atoms with Gasteiger partial charge in [0.2, 0.25) is 0 Å².